The average molecular weight is 252 g/mol. The summed E-state index contributed by atoms with van der Waals surface area (Å²) in [6.07, 6.45) is 0. The van der Waals surface area contributed by atoms with Crippen molar-refractivity contribution in [1.29, 1.82) is 0 Å². The number of hydrogen-bond donors (Lipinski definition) is 1. The predicted molar refractivity (Wildman–Crippen MR) is 71.6 cm³/mol. The van der Waals surface area contributed by atoms with Gasteiger partial charge in [0.1, 0.15) is 5.75 Å². The van der Waals surface area contributed by atoms with Gasteiger partial charge in [-0.15, -0.1) is 0 Å². The third-order valence-corrected chi connectivity index (χ3v) is 2.84. The second-order valence-corrected chi connectivity index (χ2v) is 4.31. The number of phenolic OH excluding ortho intramolecular Hbond substituents is 1. The van der Waals surface area contributed by atoms with Crippen molar-refractivity contribution in [2.45, 2.75) is 6.92 Å². The Kier molecular flexibility index (Phi) is 2.76. The molecule has 0 saturated heterocycles. The van der Waals surface area contributed by atoms with Crippen LogP contribution < -0.4 is 0 Å². The fraction of sp³-hybridized carbons (Fsp3) is 0.0667. The summed E-state index contributed by atoms with van der Waals surface area (Å²) < 4.78 is 5.20. The van der Waals surface area contributed by atoms with Crippen LogP contribution in [0.5, 0.6) is 5.75 Å². The fourth-order valence-corrected chi connectivity index (χ4v) is 1.86. The van der Waals surface area contributed by atoms with E-state index in [0.29, 0.717) is 17.3 Å². The molecule has 19 heavy (non-hydrogen) atoms. The quantitative estimate of drug-likeness (QED) is 0.759. The standard InChI is InChI=1S/C15H12N2O2/c1-10-7-8-12(13(18)9-10)15-16-14(17-19-15)11-5-3-2-4-6-11/h2-9,18H,1H3. The maximum atomic E-state index is 9.90. The molecule has 0 fully saturated rings. The van der Waals surface area contributed by atoms with E-state index in [1.807, 2.05) is 43.3 Å². The summed E-state index contributed by atoms with van der Waals surface area (Å²) in [7, 11) is 0. The van der Waals surface area contributed by atoms with E-state index in [4.69, 9.17) is 4.52 Å². The first-order valence-corrected chi connectivity index (χ1v) is 5.93. The van der Waals surface area contributed by atoms with E-state index in [1.165, 1.54) is 0 Å². The topological polar surface area (TPSA) is 59.2 Å². The number of nitrogens with zero attached hydrogens (tertiary/aromatic N) is 2. The molecule has 94 valence electrons. The molecule has 3 rings (SSSR count). The zero-order valence-corrected chi connectivity index (χ0v) is 10.4. The Labute approximate surface area is 110 Å². The Bertz CT molecular complexity index is 705. The molecular weight excluding hydrogens is 240 g/mol. The summed E-state index contributed by atoms with van der Waals surface area (Å²) in [6.45, 7) is 1.91. The molecule has 0 spiro atoms. The summed E-state index contributed by atoms with van der Waals surface area (Å²) in [6, 6.07) is 14.9. The predicted octanol–water partition coefficient (Wildman–Crippen LogP) is 3.42. The molecular formula is C15H12N2O2. The number of aromatic hydroxyl groups is 1. The second-order valence-electron chi connectivity index (χ2n) is 4.31. The molecule has 4 nitrogen and oxygen atoms in total. The van der Waals surface area contributed by atoms with Gasteiger partial charge in [-0.1, -0.05) is 41.6 Å². The number of aromatic nitrogens is 2. The molecule has 4 heteroatoms. The number of phenols is 1. The summed E-state index contributed by atoms with van der Waals surface area (Å²) in [5, 5.41) is 13.8. The first-order valence-electron chi connectivity index (χ1n) is 5.93. The highest BCUT2D eigenvalue weighted by molar-refractivity contribution is 5.65. The molecule has 0 radical (unpaired) electrons. The summed E-state index contributed by atoms with van der Waals surface area (Å²) in [4.78, 5) is 4.30. The fourth-order valence-electron chi connectivity index (χ4n) is 1.86. The minimum absolute atomic E-state index is 0.142. The van der Waals surface area contributed by atoms with E-state index >= 15 is 0 Å². The minimum Gasteiger partial charge on any atom is -0.507 e. The van der Waals surface area contributed by atoms with Crippen molar-refractivity contribution in [3.05, 3.63) is 54.1 Å². The van der Waals surface area contributed by atoms with Crippen molar-refractivity contribution in [3.63, 3.8) is 0 Å². The van der Waals surface area contributed by atoms with Crippen LogP contribution in [0.1, 0.15) is 5.56 Å². The zero-order chi connectivity index (χ0) is 13.2. The lowest BCUT2D eigenvalue weighted by molar-refractivity contribution is 0.425. The molecule has 0 atom stereocenters. The lowest BCUT2D eigenvalue weighted by atomic mass is 10.1. The molecule has 0 aliphatic rings. The first kappa shape index (κ1) is 11.5. The Morgan fingerprint density at radius 3 is 2.58 bits per heavy atom. The van der Waals surface area contributed by atoms with E-state index in [-0.39, 0.29) is 5.75 Å². The third-order valence-electron chi connectivity index (χ3n) is 2.84. The van der Waals surface area contributed by atoms with Crippen molar-refractivity contribution in [2.24, 2.45) is 0 Å². The summed E-state index contributed by atoms with van der Waals surface area (Å²) >= 11 is 0. The van der Waals surface area contributed by atoms with Crippen LogP contribution in [0, 0.1) is 6.92 Å². The molecule has 1 aromatic heterocycles. The first-order chi connectivity index (χ1) is 9.24. The van der Waals surface area contributed by atoms with Crippen LogP contribution in [-0.4, -0.2) is 15.2 Å². The largest absolute Gasteiger partial charge is 0.507 e. The highest BCUT2D eigenvalue weighted by Crippen LogP contribution is 2.29. The van der Waals surface area contributed by atoms with Crippen molar-refractivity contribution in [3.8, 4) is 28.6 Å². The van der Waals surface area contributed by atoms with E-state index in [1.54, 1.807) is 12.1 Å². The van der Waals surface area contributed by atoms with Gasteiger partial charge in [-0.25, -0.2) is 0 Å². The maximum absolute atomic E-state index is 9.90. The molecule has 1 N–H and O–H groups in total. The molecule has 2 aromatic carbocycles. The van der Waals surface area contributed by atoms with E-state index in [2.05, 4.69) is 10.1 Å². The van der Waals surface area contributed by atoms with Crippen LogP contribution in [0.25, 0.3) is 22.8 Å². The summed E-state index contributed by atoms with van der Waals surface area (Å²) in [5.74, 6) is 0.968. The highest BCUT2D eigenvalue weighted by atomic mass is 16.5. The number of hydrogen-bond acceptors (Lipinski definition) is 4. The van der Waals surface area contributed by atoms with Crippen molar-refractivity contribution < 1.29 is 9.63 Å². The molecule has 0 bridgehead atoms. The monoisotopic (exact) mass is 252 g/mol. The van der Waals surface area contributed by atoms with Gasteiger partial charge in [-0.05, 0) is 24.6 Å². The van der Waals surface area contributed by atoms with Crippen LogP contribution >= 0.6 is 0 Å². The molecule has 3 aromatic rings. The lowest BCUT2D eigenvalue weighted by Gasteiger charge is -1.99. The highest BCUT2D eigenvalue weighted by Gasteiger charge is 2.13. The third kappa shape index (κ3) is 2.20. The van der Waals surface area contributed by atoms with Crippen LogP contribution in [0.4, 0.5) is 0 Å². The van der Waals surface area contributed by atoms with Crippen LogP contribution in [0.15, 0.2) is 53.1 Å². The Hall–Kier alpha value is -2.62. The Morgan fingerprint density at radius 2 is 1.84 bits per heavy atom. The van der Waals surface area contributed by atoms with Crippen LogP contribution in [0.3, 0.4) is 0 Å². The minimum atomic E-state index is 0.142. The molecule has 0 amide bonds. The molecule has 0 aliphatic carbocycles. The Balaban J connectivity index is 2.02. The number of rotatable bonds is 2. The number of aryl methyl sites for hydroxylation is 1. The van der Waals surface area contributed by atoms with Crippen LogP contribution in [-0.2, 0) is 0 Å². The van der Waals surface area contributed by atoms with Crippen LogP contribution in [0.2, 0.25) is 0 Å². The van der Waals surface area contributed by atoms with E-state index in [0.717, 1.165) is 11.1 Å². The van der Waals surface area contributed by atoms with Gasteiger partial charge < -0.3 is 9.63 Å². The Morgan fingerprint density at radius 1 is 1.05 bits per heavy atom. The van der Waals surface area contributed by atoms with Gasteiger partial charge in [0.15, 0.2) is 0 Å². The van der Waals surface area contributed by atoms with Gasteiger partial charge in [0, 0.05) is 5.56 Å². The van der Waals surface area contributed by atoms with Crippen molar-refractivity contribution in [1.82, 2.24) is 10.1 Å². The lowest BCUT2D eigenvalue weighted by Crippen LogP contribution is -1.82. The van der Waals surface area contributed by atoms with Gasteiger partial charge >= 0.3 is 0 Å². The zero-order valence-electron chi connectivity index (χ0n) is 10.4. The van der Waals surface area contributed by atoms with E-state index < -0.39 is 0 Å². The molecule has 0 aliphatic heterocycles. The SMILES string of the molecule is Cc1ccc(-c2nc(-c3ccccc3)no2)c(O)c1. The summed E-state index contributed by atoms with van der Waals surface area (Å²) in [5.41, 5.74) is 2.40. The van der Waals surface area contributed by atoms with Gasteiger partial charge in [0.25, 0.3) is 5.89 Å². The van der Waals surface area contributed by atoms with Gasteiger partial charge in [-0.3, -0.25) is 0 Å². The van der Waals surface area contributed by atoms with Gasteiger partial charge in [0.05, 0.1) is 5.56 Å². The number of benzene rings is 2. The normalized spacial score (nSPS) is 10.6. The maximum Gasteiger partial charge on any atom is 0.261 e. The molecule has 0 saturated carbocycles. The second kappa shape index (κ2) is 4.57. The van der Waals surface area contributed by atoms with Gasteiger partial charge in [-0.2, -0.15) is 4.98 Å². The van der Waals surface area contributed by atoms with E-state index in [9.17, 15) is 5.11 Å². The average Bonchev–Trinajstić information content (AvgIpc) is 2.89. The van der Waals surface area contributed by atoms with Gasteiger partial charge in [0.2, 0.25) is 5.82 Å². The molecule has 1 heterocycles. The van der Waals surface area contributed by atoms with Crippen molar-refractivity contribution in [2.75, 3.05) is 0 Å². The van der Waals surface area contributed by atoms with Crippen molar-refractivity contribution >= 4 is 0 Å². The molecule has 0 unspecified atom stereocenters. The smallest absolute Gasteiger partial charge is 0.261 e.